The standard InChI is InChI=1S/C21H20ClN3O4/c1-3-28-19-11-14(4-9-18(19)29-12-20(23)26)10-17-13(2)24-25(21(17)27)16-7-5-15(22)6-8-16/h4-11H,3,12H2,1-2H3,(H2,23,26)/b17-10-. The van der Waals surface area contributed by atoms with E-state index in [1.807, 2.05) is 6.92 Å². The summed E-state index contributed by atoms with van der Waals surface area (Å²) in [6.07, 6.45) is 1.73. The third kappa shape index (κ3) is 4.75. The lowest BCUT2D eigenvalue weighted by atomic mass is 10.1. The van der Waals surface area contributed by atoms with E-state index < -0.39 is 5.91 Å². The van der Waals surface area contributed by atoms with E-state index >= 15 is 0 Å². The van der Waals surface area contributed by atoms with Gasteiger partial charge in [-0.15, -0.1) is 0 Å². The number of carbonyl (C=O) groups excluding carboxylic acids is 2. The van der Waals surface area contributed by atoms with Crippen molar-refractivity contribution in [2.45, 2.75) is 13.8 Å². The first-order valence-corrected chi connectivity index (χ1v) is 9.32. The molecule has 1 aliphatic rings. The maximum Gasteiger partial charge on any atom is 0.280 e. The highest BCUT2D eigenvalue weighted by Gasteiger charge is 2.28. The van der Waals surface area contributed by atoms with Gasteiger partial charge in [0.05, 0.1) is 23.6 Å². The minimum atomic E-state index is -0.579. The summed E-state index contributed by atoms with van der Waals surface area (Å²) in [6, 6.07) is 12.0. The number of halogens is 1. The fourth-order valence-corrected chi connectivity index (χ4v) is 2.89. The number of hydrogen-bond donors (Lipinski definition) is 1. The highest BCUT2D eigenvalue weighted by molar-refractivity contribution is 6.32. The molecular formula is C21H20ClN3O4. The van der Waals surface area contributed by atoms with Crippen molar-refractivity contribution >= 4 is 40.9 Å². The third-order valence-corrected chi connectivity index (χ3v) is 4.33. The van der Waals surface area contributed by atoms with Crippen LogP contribution in [0.25, 0.3) is 6.08 Å². The van der Waals surface area contributed by atoms with E-state index in [-0.39, 0.29) is 12.5 Å². The second-order valence-electron chi connectivity index (χ2n) is 6.23. The van der Waals surface area contributed by atoms with Crippen molar-refractivity contribution < 1.29 is 19.1 Å². The number of nitrogens with zero attached hydrogens (tertiary/aromatic N) is 2. The van der Waals surface area contributed by atoms with Gasteiger partial charge in [-0.05, 0) is 61.9 Å². The largest absolute Gasteiger partial charge is 0.490 e. The topological polar surface area (TPSA) is 94.2 Å². The molecule has 2 aromatic carbocycles. The van der Waals surface area contributed by atoms with Gasteiger partial charge in [-0.3, -0.25) is 9.59 Å². The molecule has 1 aliphatic heterocycles. The first-order chi connectivity index (χ1) is 13.9. The zero-order chi connectivity index (χ0) is 21.0. The predicted octanol–water partition coefficient (Wildman–Crippen LogP) is 3.41. The smallest absolute Gasteiger partial charge is 0.280 e. The number of primary amides is 1. The molecule has 29 heavy (non-hydrogen) atoms. The van der Waals surface area contributed by atoms with Crippen LogP contribution in [0.15, 0.2) is 53.1 Å². The number of anilines is 1. The second-order valence-corrected chi connectivity index (χ2v) is 6.67. The van der Waals surface area contributed by atoms with Gasteiger partial charge in [0.1, 0.15) is 0 Å². The zero-order valence-electron chi connectivity index (χ0n) is 16.0. The van der Waals surface area contributed by atoms with Crippen molar-refractivity contribution in [3.63, 3.8) is 0 Å². The summed E-state index contributed by atoms with van der Waals surface area (Å²) >= 11 is 5.91. The summed E-state index contributed by atoms with van der Waals surface area (Å²) in [4.78, 5) is 23.8. The molecule has 0 fully saturated rings. The molecule has 0 saturated carbocycles. The van der Waals surface area contributed by atoms with Crippen LogP contribution in [0.2, 0.25) is 5.02 Å². The van der Waals surface area contributed by atoms with Crippen molar-refractivity contribution in [1.29, 1.82) is 0 Å². The summed E-state index contributed by atoms with van der Waals surface area (Å²) in [5.74, 6) is 0.0394. The summed E-state index contributed by atoms with van der Waals surface area (Å²) in [7, 11) is 0. The fourth-order valence-electron chi connectivity index (χ4n) is 2.76. The monoisotopic (exact) mass is 413 g/mol. The number of rotatable bonds is 7. The van der Waals surface area contributed by atoms with Crippen LogP contribution in [0.5, 0.6) is 11.5 Å². The van der Waals surface area contributed by atoms with Crippen LogP contribution in [0, 0.1) is 0 Å². The van der Waals surface area contributed by atoms with Gasteiger partial charge in [0.15, 0.2) is 18.1 Å². The van der Waals surface area contributed by atoms with Gasteiger partial charge in [0.2, 0.25) is 0 Å². The summed E-state index contributed by atoms with van der Waals surface area (Å²) in [5.41, 5.74) is 7.55. The van der Waals surface area contributed by atoms with E-state index in [4.69, 9.17) is 26.8 Å². The quantitative estimate of drug-likeness (QED) is 0.704. The molecule has 2 aromatic rings. The molecule has 0 aromatic heterocycles. The van der Waals surface area contributed by atoms with E-state index in [0.717, 1.165) is 5.56 Å². The average molecular weight is 414 g/mol. The Kier molecular flexibility index (Phi) is 6.19. The van der Waals surface area contributed by atoms with Crippen LogP contribution in [-0.4, -0.2) is 30.7 Å². The Hall–Kier alpha value is -3.32. The fraction of sp³-hybridized carbons (Fsp3) is 0.190. The van der Waals surface area contributed by atoms with Gasteiger partial charge in [-0.2, -0.15) is 10.1 Å². The molecule has 0 spiro atoms. The first kappa shape index (κ1) is 20.4. The SMILES string of the molecule is CCOc1cc(/C=C2\C(=O)N(c3ccc(Cl)cc3)N=C2C)ccc1OCC(N)=O. The van der Waals surface area contributed by atoms with E-state index in [1.54, 1.807) is 55.5 Å². The van der Waals surface area contributed by atoms with Gasteiger partial charge in [0.25, 0.3) is 11.8 Å². The molecule has 8 heteroatoms. The third-order valence-electron chi connectivity index (χ3n) is 4.08. The van der Waals surface area contributed by atoms with E-state index in [2.05, 4.69) is 5.10 Å². The molecule has 0 bridgehead atoms. The maximum absolute atomic E-state index is 12.9. The molecule has 7 nitrogen and oxygen atoms in total. The van der Waals surface area contributed by atoms with Crippen LogP contribution in [0.4, 0.5) is 5.69 Å². The van der Waals surface area contributed by atoms with Crippen LogP contribution >= 0.6 is 11.6 Å². The van der Waals surface area contributed by atoms with E-state index in [9.17, 15) is 9.59 Å². The summed E-state index contributed by atoms with van der Waals surface area (Å²) in [6.45, 7) is 3.77. The maximum atomic E-state index is 12.9. The van der Waals surface area contributed by atoms with E-state index in [1.165, 1.54) is 5.01 Å². The second kappa shape index (κ2) is 8.79. The van der Waals surface area contributed by atoms with Gasteiger partial charge >= 0.3 is 0 Å². The van der Waals surface area contributed by atoms with Crippen molar-refractivity contribution in [3.8, 4) is 11.5 Å². The van der Waals surface area contributed by atoms with Crippen molar-refractivity contribution in [3.05, 3.63) is 58.6 Å². The number of carbonyl (C=O) groups is 2. The van der Waals surface area contributed by atoms with Gasteiger partial charge in [-0.25, -0.2) is 0 Å². The molecule has 0 radical (unpaired) electrons. The number of hydrazone groups is 1. The molecule has 0 unspecified atom stereocenters. The normalized spacial score (nSPS) is 14.9. The van der Waals surface area contributed by atoms with Gasteiger partial charge in [0, 0.05) is 5.02 Å². The number of nitrogens with two attached hydrogens (primary N) is 1. The Balaban J connectivity index is 1.88. The molecule has 3 rings (SSSR count). The minimum absolute atomic E-state index is 0.239. The lowest BCUT2D eigenvalue weighted by molar-refractivity contribution is -0.120. The van der Waals surface area contributed by atoms with Crippen molar-refractivity contribution in [2.24, 2.45) is 10.8 Å². The molecule has 2 amide bonds. The highest BCUT2D eigenvalue weighted by atomic mass is 35.5. The summed E-state index contributed by atoms with van der Waals surface area (Å²) in [5, 5.41) is 6.27. The van der Waals surface area contributed by atoms with Gasteiger partial charge < -0.3 is 15.2 Å². The number of ether oxygens (including phenoxy) is 2. The average Bonchev–Trinajstić information content (AvgIpc) is 2.96. The Labute approximate surface area is 173 Å². The summed E-state index contributed by atoms with van der Waals surface area (Å²) < 4.78 is 11.0. The van der Waals surface area contributed by atoms with Gasteiger partial charge in [-0.1, -0.05) is 17.7 Å². The Morgan fingerprint density at radius 2 is 1.90 bits per heavy atom. The van der Waals surface area contributed by atoms with Crippen molar-refractivity contribution in [2.75, 3.05) is 18.2 Å². The first-order valence-electron chi connectivity index (χ1n) is 8.94. The Morgan fingerprint density at radius 3 is 2.55 bits per heavy atom. The molecule has 0 atom stereocenters. The number of hydrogen-bond acceptors (Lipinski definition) is 5. The van der Waals surface area contributed by atoms with Crippen LogP contribution < -0.4 is 20.2 Å². The molecule has 2 N–H and O–H groups in total. The molecule has 0 aliphatic carbocycles. The number of benzene rings is 2. The Morgan fingerprint density at radius 1 is 1.17 bits per heavy atom. The molecular weight excluding hydrogens is 394 g/mol. The van der Waals surface area contributed by atoms with Crippen molar-refractivity contribution in [1.82, 2.24) is 0 Å². The minimum Gasteiger partial charge on any atom is -0.490 e. The molecule has 1 heterocycles. The van der Waals surface area contributed by atoms with Crippen LogP contribution in [-0.2, 0) is 9.59 Å². The number of amides is 2. The molecule has 0 saturated heterocycles. The van der Waals surface area contributed by atoms with E-state index in [0.29, 0.717) is 40.1 Å². The Bertz CT molecular complexity index is 999. The molecule has 150 valence electrons. The van der Waals surface area contributed by atoms with Crippen LogP contribution in [0.3, 0.4) is 0 Å². The highest BCUT2D eigenvalue weighted by Crippen LogP contribution is 2.31. The predicted molar refractivity (Wildman–Crippen MR) is 112 cm³/mol. The lowest BCUT2D eigenvalue weighted by Gasteiger charge is -2.12. The lowest BCUT2D eigenvalue weighted by Crippen LogP contribution is -2.21. The van der Waals surface area contributed by atoms with Crippen LogP contribution in [0.1, 0.15) is 19.4 Å². The zero-order valence-corrected chi connectivity index (χ0v) is 16.8.